The Balaban J connectivity index is 1.42. The van der Waals surface area contributed by atoms with E-state index in [4.69, 9.17) is 19.3 Å². The van der Waals surface area contributed by atoms with Crippen molar-refractivity contribution in [3.63, 3.8) is 0 Å². The van der Waals surface area contributed by atoms with Crippen LogP contribution in [0.4, 0.5) is 5.69 Å². The van der Waals surface area contributed by atoms with Gasteiger partial charge in [-0.3, -0.25) is 4.79 Å². The summed E-state index contributed by atoms with van der Waals surface area (Å²) in [6.07, 6.45) is 2.50. The molecule has 2 N–H and O–H groups in total. The van der Waals surface area contributed by atoms with Crippen molar-refractivity contribution in [1.29, 1.82) is 0 Å². The second-order valence-electron chi connectivity index (χ2n) is 9.66. The SMILES string of the molecule is CCOc1cc(C[NH+]2CCC3(CC2)CC(=O)N(c2ccc(C(=O)O)cc2)C3)cc(OCC)c1OCC. The largest absolute Gasteiger partial charge is 0.490 e. The van der Waals surface area contributed by atoms with E-state index in [0.717, 1.165) is 55.2 Å². The van der Waals surface area contributed by atoms with Gasteiger partial charge in [0.05, 0.1) is 38.5 Å². The number of piperidine rings is 1. The molecule has 0 aliphatic carbocycles. The Hall–Kier alpha value is -3.26. The normalized spacial score (nSPS) is 21.6. The van der Waals surface area contributed by atoms with Crippen LogP contribution in [0.2, 0.25) is 0 Å². The van der Waals surface area contributed by atoms with E-state index in [1.165, 1.54) is 4.90 Å². The summed E-state index contributed by atoms with van der Waals surface area (Å²) in [6.45, 7) is 11.0. The van der Waals surface area contributed by atoms with Crippen molar-refractivity contribution in [2.24, 2.45) is 5.41 Å². The second-order valence-corrected chi connectivity index (χ2v) is 9.66. The predicted molar refractivity (Wildman–Crippen MR) is 136 cm³/mol. The molecule has 2 aliphatic heterocycles. The van der Waals surface area contributed by atoms with Crippen LogP contribution < -0.4 is 24.0 Å². The van der Waals surface area contributed by atoms with Gasteiger partial charge in [0.25, 0.3) is 0 Å². The Morgan fingerprint density at radius 2 is 1.56 bits per heavy atom. The van der Waals surface area contributed by atoms with Gasteiger partial charge in [-0.25, -0.2) is 4.79 Å². The van der Waals surface area contributed by atoms with E-state index in [0.29, 0.717) is 38.5 Å². The number of rotatable bonds is 10. The van der Waals surface area contributed by atoms with Crippen LogP contribution in [0.5, 0.6) is 17.2 Å². The third-order valence-corrected chi connectivity index (χ3v) is 7.19. The number of likely N-dealkylation sites (tertiary alicyclic amines) is 1. The number of carboxylic acid groups (broad SMARTS) is 1. The highest BCUT2D eigenvalue weighted by Crippen LogP contribution is 2.41. The van der Waals surface area contributed by atoms with Gasteiger partial charge in [0, 0.05) is 42.5 Å². The predicted octanol–water partition coefficient (Wildman–Crippen LogP) is 3.18. The Morgan fingerprint density at radius 1 is 0.972 bits per heavy atom. The number of anilines is 1. The highest BCUT2D eigenvalue weighted by Gasteiger charge is 2.46. The summed E-state index contributed by atoms with van der Waals surface area (Å²) < 4.78 is 17.6. The van der Waals surface area contributed by atoms with Gasteiger partial charge in [0.2, 0.25) is 11.7 Å². The van der Waals surface area contributed by atoms with E-state index < -0.39 is 5.97 Å². The number of carboxylic acids is 1. The molecule has 0 atom stereocenters. The number of benzene rings is 2. The number of nitrogens with zero attached hydrogens (tertiary/aromatic N) is 1. The quantitative estimate of drug-likeness (QED) is 0.524. The first-order valence-corrected chi connectivity index (χ1v) is 12.9. The first-order chi connectivity index (χ1) is 17.4. The average molecular weight is 498 g/mol. The molecule has 2 aliphatic rings. The Morgan fingerprint density at radius 3 is 2.08 bits per heavy atom. The summed E-state index contributed by atoms with van der Waals surface area (Å²) >= 11 is 0. The molecule has 2 heterocycles. The zero-order valence-corrected chi connectivity index (χ0v) is 21.5. The molecule has 0 saturated carbocycles. The number of carbonyl (C=O) groups is 2. The van der Waals surface area contributed by atoms with E-state index in [2.05, 4.69) is 12.1 Å². The van der Waals surface area contributed by atoms with E-state index in [1.54, 1.807) is 24.3 Å². The van der Waals surface area contributed by atoms with Crippen LogP contribution in [0, 0.1) is 5.41 Å². The Bertz CT molecular complexity index is 1050. The van der Waals surface area contributed by atoms with Gasteiger partial charge in [-0.15, -0.1) is 0 Å². The van der Waals surface area contributed by atoms with E-state index in [9.17, 15) is 9.59 Å². The number of ether oxygens (including phenoxy) is 3. The van der Waals surface area contributed by atoms with E-state index in [-0.39, 0.29) is 16.9 Å². The zero-order chi connectivity index (χ0) is 25.7. The summed E-state index contributed by atoms with van der Waals surface area (Å²) in [5, 5.41) is 9.14. The van der Waals surface area contributed by atoms with Crippen LogP contribution in [-0.2, 0) is 11.3 Å². The molecule has 2 fully saturated rings. The summed E-state index contributed by atoms with van der Waals surface area (Å²) in [5.74, 6) is 1.27. The number of hydrogen-bond acceptors (Lipinski definition) is 5. The molecule has 194 valence electrons. The third-order valence-electron chi connectivity index (χ3n) is 7.19. The number of aromatic carboxylic acids is 1. The molecular formula is C28H37N2O6+. The Labute approximate surface area is 212 Å². The van der Waals surface area contributed by atoms with Gasteiger partial charge in [0.1, 0.15) is 6.54 Å². The third kappa shape index (κ3) is 5.59. The lowest BCUT2D eigenvalue weighted by Gasteiger charge is -2.36. The lowest BCUT2D eigenvalue weighted by molar-refractivity contribution is -0.921. The number of amides is 1. The van der Waals surface area contributed by atoms with Gasteiger partial charge < -0.3 is 29.1 Å². The van der Waals surface area contributed by atoms with Crippen LogP contribution >= 0.6 is 0 Å². The highest BCUT2D eigenvalue weighted by atomic mass is 16.5. The van der Waals surface area contributed by atoms with E-state index >= 15 is 0 Å². The van der Waals surface area contributed by atoms with Crippen LogP contribution in [0.25, 0.3) is 0 Å². The zero-order valence-electron chi connectivity index (χ0n) is 21.5. The molecule has 4 rings (SSSR count). The van der Waals surface area contributed by atoms with Crippen molar-refractivity contribution in [3.05, 3.63) is 47.5 Å². The minimum Gasteiger partial charge on any atom is -0.490 e. The monoisotopic (exact) mass is 497 g/mol. The number of quaternary nitrogens is 1. The van der Waals surface area contributed by atoms with Crippen LogP contribution in [-0.4, -0.2) is 56.4 Å². The molecule has 8 heteroatoms. The molecule has 2 aromatic carbocycles. The van der Waals surface area contributed by atoms with Crippen LogP contribution in [0.15, 0.2) is 36.4 Å². The van der Waals surface area contributed by atoms with Crippen molar-refractivity contribution in [3.8, 4) is 17.2 Å². The van der Waals surface area contributed by atoms with Crippen LogP contribution in [0.1, 0.15) is 56.0 Å². The summed E-state index contributed by atoms with van der Waals surface area (Å²) in [5.41, 5.74) is 2.14. The molecule has 0 bridgehead atoms. The lowest BCUT2D eigenvalue weighted by Crippen LogP contribution is -3.12. The minimum absolute atomic E-state index is 0.0160. The van der Waals surface area contributed by atoms with Gasteiger partial charge in [-0.2, -0.15) is 0 Å². The Kier molecular flexibility index (Phi) is 8.04. The number of hydrogen-bond donors (Lipinski definition) is 2. The molecule has 0 aromatic heterocycles. The van der Waals surface area contributed by atoms with Crippen molar-refractivity contribution in [2.75, 3.05) is 44.4 Å². The lowest BCUT2D eigenvalue weighted by atomic mass is 9.77. The molecular weight excluding hydrogens is 460 g/mol. The van der Waals surface area contributed by atoms with Crippen molar-refractivity contribution < 1.29 is 33.8 Å². The van der Waals surface area contributed by atoms with Crippen molar-refractivity contribution >= 4 is 17.6 Å². The van der Waals surface area contributed by atoms with E-state index in [1.807, 2.05) is 25.7 Å². The molecule has 2 saturated heterocycles. The summed E-state index contributed by atoms with van der Waals surface area (Å²) in [7, 11) is 0. The average Bonchev–Trinajstić information content (AvgIpc) is 3.18. The van der Waals surface area contributed by atoms with Crippen LogP contribution in [0.3, 0.4) is 0 Å². The number of carbonyl (C=O) groups excluding carboxylic acids is 1. The van der Waals surface area contributed by atoms with Crippen molar-refractivity contribution in [2.45, 2.75) is 46.6 Å². The fourth-order valence-corrected chi connectivity index (χ4v) is 5.39. The maximum Gasteiger partial charge on any atom is 0.335 e. The fraction of sp³-hybridized carbons (Fsp3) is 0.500. The van der Waals surface area contributed by atoms with Gasteiger partial charge in [-0.05, 0) is 57.2 Å². The molecule has 0 unspecified atom stereocenters. The topological polar surface area (TPSA) is 89.7 Å². The molecule has 2 aromatic rings. The van der Waals surface area contributed by atoms with Gasteiger partial charge >= 0.3 is 5.97 Å². The maximum atomic E-state index is 12.9. The minimum atomic E-state index is -0.963. The number of nitrogens with one attached hydrogen (secondary N) is 1. The second kappa shape index (κ2) is 11.2. The maximum absolute atomic E-state index is 12.9. The summed E-state index contributed by atoms with van der Waals surface area (Å²) in [4.78, 5) is 27.3. The fourth-order valence-electron chi connectivity index (χ4n) is 5.39. The van der Waals surface area contributed by atoms with Gasteiger partial charge in [0.15, 0.2) is 11.5 Å². The molecule has 1 amide bonds. The molecule has 36 heavy (non-hydrogen) atoms. The first kappa shape index (κ1) is 25.8. The first-order valence-electron chi connectivity index (χ1n) is 12.9. The standard InChI is InChI=1S/C28H36N2O6/c1-4-34-23-15-20(16-24(35-5-2)26(23)36-6-3)18-29-13-11-28(12-14-29)17-25(31)30(19-28)22-9-7-21(8-10-22)27(32)33/h7-10,15-16H,4-6,11-14,17-19H2,1-3H3,(H,32,33)/p+1. The molecule has 1 spiro atoms. The van der Waals surface area contributed by atoms with Crippen molar-refractivity contribution in [1.82, 2.24) is 0 Å². The highest BCUT2D eigenvalue weighted by molar-refractivity contribution is 5.97. The molecule has 8 nitrogen and oxygen atoms in total. The smallest absolute Gasteiger partial charge is 0.335 e. The van der Waals surface area contributed by atoms with Gasteiger partial charge in [-0.1, -0.05) is 0 Å². The molecule has 0 radical (unpaired) electrons. The summed E-state index contributed by atoms with van der Waals surface area (Å²) in [6, 6.07) is 10.7.